The lowest BCUT2D eigenvalue weighted by Crippen LogP contribution is -2.22. The molecule has 0 aromatic carbocycles. The van der Waals surface area contributed by atoms with Gasteiger partial charge in [0.15, 0.2) is 11.6 Å². The minimum absolute atomic E-state index is 0.290. The molecule has 0 atom stereocenters. The van der Waals surface area contributed by atoms with Gasteiger partial charge in [-0.05, 0) is 25.1 Å². The fourth-order valence-electron chi connectivity index (χ4n) is 1.09. The van der Waals surface area contributed by atoms with Gasteiger partial charge in [0.1, 0.15) is 0 Å². The predicted molar refractivity (Wildman–Crippen MR) is 51.1 cm³/mol. The first-order chi connectivity index (χ1) is 6.25. The zero-order chi connectivity index (χ0) is 9.68. The van der Waals surface area contributed by atoms with E-state index in [1.165, 1.54) is 6.07 Å². The molecule has 0 aliphatic carbocycles. The van der Waals surface area contributed by atoms with Crippen molar-refractivity contribution in [2.24, 2.45) is 5.73 Å². The van der Waals surface area contributed by atoms with Crippen molar-refractivity contribution >= 4 is 5.82 Å². The highest BCUT2D eigenvalue weighted by molar-refractivity contribution is 5.38. The number of halogens is 1. The van der Waals surface area contributed by atoms with Crippen molar-refractivity contribution in [3.63, 3.8) is 0 Å². The van der Waals surface area contributed by atoms with Crippen LogP contribution in [0, 0.1) is 5.82 Å². The van der Waals surface area contributed by atoms with Crippen LogP contribution >= 0.6 is 0 Å². The molecule has 1 heterocycles. The van der Waals surface area contributed by atoms with Crippen LogP contribution in [-0.4, -0.2) is 25.1 Å². The lowest BCUT2D eigenvalue weighted by Gasteiger charge is -2.17. The van der Waals surface area contributed by atoms with E-state index in [0.717, 1.165) is 13.0 Å². The van der Waals surface area contributed by atoms with Crippen molar-refractivity contribution in [1.82, 2.24) is 4.98 Å². The molecular formula is C9H14FN3. The summed E-state index contributed by atoms with van der Waals surface area (Å²) in [6.45, 7) is 1.34. The Balaban J connectivity index is 2.65. The van der Waals surface area contributed by atoms with E-state index < -0.39 is 0 Å². The molecule has 13 heavy (non-hydrogen) atoms. The standard InChI is InChI=1S/C9H14FN3/c1-13(7-3-5-11)9-8(10)4-2-6-12-9/h2,4,6H,3,5,7,11H2,1H3. The van der Waals surface area contributed by atoms with E-state index in [2.05, 4.69) is 4.98 Å². The summed E-state index contributed by atoms with van der Waals surface area (Å²) in [6, 6.07) is 2.98. The molecule has 0 radical (unpaired) electrons. The minimum Gasteiger partial charge on any atom is -0.357 e. The summed E-state index contributed by atoms with van der Waals surface area (Å²) < 4.78 is 13.1. The molecule has 0 saturated heterocycles. The SMILES string of the molecule is CN(CCCN)c1ncccc1F. The molecule has 0 fully saturated rings. The first-order valence-electron chi connectivity index (χ1n) is 4.27. The van der Waals surface area contributed by atoms with Gasteiger partial charge in [0.25, 0.3) is 0 Å². The summed E-state index contributed by atoms with van der Waals surface area (Å²) >= 11 is 0. The van der Waals surface area contributed by atoms with Gasteiger partial charge in [0.05, 0.1) is 0 Å². The third-order valence-electron chi connectivity index (χ3n) is 1.80. The molecule has 3 nitrogen and oxygen atoms in total. The Labute approximate surface area is 77.4 Å². The molecule has 1 rings (SSSR count). The molecule has 72 valence electrons. The van der Waals surface area contributed by atoms with Gasteiger partial charge >= 0.3 is 0 Å². The van der Waals surface area contributed by atoms with Gasteiger partial charge < -0.3 is 10.6 Å². The van der Waals surface area contributed by atoms with Gasteiger partial charge in [-0.25, -0.2) is 9.37 Å². The Kier molecular flexibility index (Phi) is 3.64. The van der Waals surface area contributed by atoms with Gasteiger partial charge in [-0.1, -0.05) is 0 Å². The minimum atomic E-state index is -0.290. The predicted octanol–water partition coefficient (Wildman–Crippen LogP) is 1.01. The van der Waals surface area contributed by atoms with Crippen LogP contribution in [0.1, 0.15) is 6.42 Å². The molecule has 4 heteroatoms. The number of anilines is 1. The highest BCUT2D eigenvalue weighted by Gasteiger charge is 2.06. The van der Waals surface area contributed by atoms with E-state index in [-0.39, 0.29) is 5.82 Å². The summed E-state index contributed by atoms with van der Waals surface area (Å²) in [5.74, 6) is 0.0953. The van der Waals surface area contributed by atoms with Crippen LogP contribution in [0.25, 0.3) is 0 Å². The van der Waals surface area contributed by atoms with Crippen LogP contribution in [0.5, 0.6) is 0 Å². The maximum Gasteiger partial charge on any atom is 0.165 e. The molecule has 0 aliphatic heterocycles. The average Bonchev–Trinajstić information content (AvgIpc) is 2.15. The third kappa shape index (κ3) is 2.66. The Hall–Kier alpha value is -1.16. The molecule has 1 aromatic rings. The summed E-state index contributed by atoms with van der Waals surface area (Å²) in [7, 11) is 1.81. The second kappa shape index (κ2) is 4.77. The Morgan fingerprint density at radius 2 is 2.38 bits per heavy atom. The highest BCUT2D eigenvalue weighted by Crippen LogP contribution is 2.12. The van der Waals surface area contributed by atoms with E-state index in [0.29, 0.717) is 12.4 Å². The Morgan fingerprint density at radius 1 is 1.62 bits per heavy atom. The monoisotopic (exact) mass is 183 g/mol. The summed E-state index contributed by atoms with van der Waals surface area (Å²) in [6.07, 6.45) is 2.42. The lowest BCUT2D eigenvalue weighted by molar-refractivity contribution is 0.613. The van der Waals surface area contributed by atoms with E-state index in [1.54, 1.807) is 24.2 Å². The van der Waals surface area contributed by atoms with Crippen molar-refractivity contribution in [3.8, 4) is 0 Å². The van der Waals surface area contributed by atoms with Crippen LogP contribution in [-0.2, 0) is 0 Å². The summed E-state index contributed by atoms with van der Waals surface area (Å²) in [5, 5.41) is 0. The Morgan fingerprint density at radius 3 is 3.00 bits per heavy atom. The van der Waals surface area contributed by atoms with Gasteiger partial charge in [0.2, 0.25) is 0 Å². The fourth-order valence-corrected chi connectivity index (χ4v) is 1.09. The van der Waals surface area contributed by atoms with Crippen molar-refractivity contribution < 1.29 is 4.39 Å². The van der Waals surface area contributed by atoms with E-state index in [9.17, 15) is 4.39 Å². The van der Waals surface area contributed by atoms with Crippen LogP contribution < -0.4 is 10.6 Å². The van der Waals surface area contributed by atoms with Crippen molar-refractivity contribution in [2.75, 3.05) is 25.0 Å². The van der Waals surface area contributed by atoms with Crippen LogP contribution in [0.4, 0.5) is 10.2 Å². The molecule has 0 amide bonds. The second-order valence-corrected chi connectivity index (χ2v) is 2.87. The highest BCUT2D eigenvalue weighted by atomic mass is 19.1. The third-order valence-corrected chi connectivity index (χ3v) is 1.80. The largest absolute Gasteiger partial charge is 0.357 e. The van der Waals surface area contributed by atoms with Crippen LogP contribution in [0.15, 0.2) is 18.3 Å². The van der Waals surface area contributed by atoms with Crippen LogP contribution in [0.3, 0.4) is 0 Å². The lowest BCUT2D eigenvalue weighted by atomic mass is 10.3. The summed E-state index contributed by atoms with van der Waals surface area (Å²) in [4.78, 5) is 5.71. The number of nitrogens with zero attached hydrogens (tertiary/aromatic N) is 2. The number of rotatable bonds is 4. The number of pyridine rings is 1. The topological polar surface area (TPSA) is 42.1 Å². The van der Waals surface area contributed by atoms with E-state index >= 15 is 0 Å². The zero-order valence-corrected chi connectivity index (χ0v) is 7.70. The van der Waals surface area contributed by atoms with Gasteiger partial charge in [-0.3, -0.25) is 0 Å². The average molecular weight is 183 g/mol. The van der Waals surface area contributed by atoms with Crippen LogP contribution in [0.2, 0.25) is 0 Å². The molecule has 0 unspecified atom stereocenters. The normalized spacial score (nSPS) is 10.1. The number of nitrogens with two attached hydrogens (primary N) is 1. The van der Waals surface area contributed by atoms with Gasteiger partial charge in [-0.15, -0.1) is 0 Å². The maximum absolute atomic E-state index is 13.1. The molecule has 0 saturated carbocycles. The number of aromatic nitrogens is 1. The second-order valence-electron chi connectivity index (χ2n) is 2.87. The van der Waals surface area contributed by atoms with Crippen molar-refractivity contribution in [1.29, 1.82) is 0 Å². The first kappa shape index (κ1) is 9.92. The summed E-state index contributed by atoms with van der Waals surface area (Å²) in [5.41, 5.74) is 5.35. The maximum atomic E-state index is 13.1. The van der Waals surface area contributed by atoms with Crippen molar-refractivity contribution in [2.45, 2.75) is 6.42 Å². The van der Waals surface area contributed by atoms with Gasteiger partial charge in [0, 0.05) is 19.8 Å². The first-order valence-corrected chi connectivity index (χ1v) is 4.27. The van der Waals surface area contributed by atoms with Crippen molar-refractivity contribution in [3.05, 3.63) is 24.1 Å². The van der Waals surface area contributed by atoms with E-state index in [4.69, 9.17) is 5.73 Å². The van der Waals surface area contributed by atoms with E-state index in [1.807, 2.05) is 0 Å². The quantitative estimate of drug-likeness (QED) is 0.757. The molecule has 0 bridgehead atoms. The smallest absolute Gasteiger partial charge is 0.165 e. The van der Waals surface area contributed by atoms with Gasteiger partial charge in [-0.2, -0.15) is 0 Å². The molecule has 0 aliphatic rings. The molecule has 1 aromatic heterocycles. The Bertz CT molecular complexity index is 265. The zero-order valence-electron chi connectivity index (χ0n) is 7.70. The fraction of sp³-hybridized carbons (Fsp3) is 0.444. The molecule has 0 spiro atoms. The number of hydrogen-bond acceptors (Lipinski definition) is 3. The molecular weight excluding hydrogens is 169 g/mol. The number of hydrogen-bond donors (Lipinski definition) is 1. The molecule has 2 N–H and O–H groups in total.